The monoisotopic (exact) mass is 385 g/mol. The molecule has 6 heteroatoms. The lowest BCUT2D eigenvalue weighted by atomic mass is 9.98. The highest BCUT2D eigenvalue weighted by Crippen LogP contribution is 2.31. The number of rotatable bonds is 5. The first-order chi connectivity index (χ1) is 12.7. The van der Waals surface area contributed by atoms with Gasteiger partial charge in [0.1, 0.15) is 11.8 Å². The van der Waals surface area contributed by atoms with Crippen molar-refractivity contribution in [3.63, 3.8) is 0 Å². The van der Waals surface area contributed by atoms with Crippen molar-refractivity contribution in [1.29, 1.82) is 0 Å². The van der Waals surface area contributed by atoms with Crippen LogP contribution in [0.2, 0.25) is 0 Å². The van der Waals surface area contributed by atoms with Crippen molar-refractivity contribution in [1.82, 2.24) is 0 Å². The molecule has 3 aromatic rings. The number of benzene rings is 1. The average Bonchev–Trinajstić information content (AvgIpc) is 3.33. The van der Waals surface area contributed by atoms with Crippen molar-refractivity contribution in [3.8, 4) is 5.75 Å². The minimum absolute atomic E-state index is 0.0356. The fourth-order valence-corrected chi connectivity index (χ4v) is 5.38. The fraction of sp³-hybridized carbons (Fsp3) is 0.250. The number of hydrogen-bond acceptors (Lipinski definition) is 4. The smallest absolute Gasteiger partial charge is 0.279 e. The first-order valence-electron chi connectivity index (χ1n) is 8.63. The van der Waals surface area contributed by atoms with E-state index in [-0.39, 0.29) is 11.9 Å². The highest BCUT2D eigenvalue weighted by Gasteiger charge is 2.35. The van der Waals surface area contributed by atoms with Gasteiger partial charge in [0.15, 0.2) is 6.54 Å². The van der Waals surface area contributed by atoms with Gasteiger partial charge in [-0.3, -0.25) is 4.79 Å². The molecule has 1 aliphatic rings. The number of nitrogens with one attached hydrogen (secondary N) is 2. The molecule has 2 aromatic heterocycles. The molecule has 1 amide bonds. The van der Waals surface area contributed by atoms with Crippen LogP contribution in [-0.4, -0.2) is 26.1 Å². The summed E-state index contributed by atoms with van der Waals surface area (Å²) in [5, 5.41) is 7.30. The molecule has 1 aliphatic heterocycles. The number of thiophene rings is 2. The topological polar surface area (TPSA) is 42.8 Å². The Balaban J connectivity index is 1.52. The summed E-state index contributed by atoms with van der Waals surface area (Å²) in [7, 11) is 1.63. The third kappa shape index (κ3) is 3.53. The van der Waals surface area contributed by atoms with Crippen LogP contribution >= 0.6 is 22.7 Å². The van der Waals surface area contributed by atoms with Gasteiger partial charge in [0.25, 0.3) is 5.91 Å². The molecule has 26 heavy (non-hydrogen) atoms. The number of fused-ring (bicyclic) bond motifs is 1. The van der Waals surface area contributed by atoms with Crippen LogP contribution in [-0.2, 0) is 11.2 Å². The van der Waals surface area contributed by atoms with Gasteiger partial charge in [-0.1, -0.05) is 12.1 Å². The van der Waals surface area contributed by atoms with Crippen molar-refractivity contribution < 1.29 is 14.4 Å². The molecule has 0 fully saturated rings. The maximum absolute atomic E-state index is 12.7. The molecule has 3 heterocycles. The number of hydrogen-bond donors (Lipinski definition) is 2. The average molecular weight is 386 g/mol. The van der Waals surface area contributed by atoms with Crippen LogP contribution < -0.4 is 15.0 Å². The Morgan fingerprint density at radius 3 is 2.96 bits per heavy atom. The van der Waals surface area contributed by atoms with Gasteiger partial charge < -0.3 is 15.0 Å². The Hall–Kier alpha value is -2.15. The molecule has 4 rings (SSSR count). The van der Waals surface area contributed by atoms with Crippen LogP contribution in [0.25, 0.3) is 0 Å². The second-order valence-corrected chi connectivity index (χ2v) is 8.34. The summed E-state index contributed by atoms with van der Waals surface area (Å²) in [6, 6.07) is 14.2. The van der Waals surface area contributed by atoms with E-state index in [1.807, 2.05) is 35.6 Å². The van der Waals surface area contributed by atoms with E-state index < -0.39 is 0 Å². The van der Waals surface area contributed by atoms with E-state index in [1.165, 1.54) is 20.2 Å². The molecule has 0 radical (unpaired) electrons. The second-order valence-electron chi connectivity index (χ2n) is 6.36. The lowest BCUT2D eigenvalue weighted by Crippen LogP contribution is -3.14. The summed E-state index contributed by atoms with van der Waals surface area (Å²) in [4.78, 5) is 16.8. The van der Waals surface area contributed by atoms with Gasteiger partial charge in [0, 0.05) is 28.6 Å². The first kappa shape index (κ1) is 17.3. The lowest BCUT2D eigenvalue weighted by molar-refractivity contribution is -0.919. The van der Waals surface area contributed by atoms with Gasteiger partial charge in [-0.05, 0) is 35.0 Å². The molecule has 2 atom stereocenters. The van der Waals surface area contributed by atoms with Gasteiger partial charge in [-0.25, -0.2) is 0 Å². The zero-order chi connectivity index (χ0) is 17.9. The van der Waals surface area contributed by atoms with Gasteiger partial charge in [-0.15, -0.1) is 22.7 Å². The zero-order valence-corrected chi connectivity index (χ0v) is 16.2. The van der Waals surface area contributed by atoms with Crippen LogP contribution in [0.5, 0.6) is 5.75 Å². The van der Waals surface area contributed by atoms with Crippen molar-refractivity contribution in [2.45, 2.75) is 12.5 Å². The number of anilines is 1. The van der Waals surface area contributed by atoms with Crippen molar-refractivity contribution >= 4 is 34.3 Å². The summed E-state index contributed by atoms with van der Waals surface area (Å²) in [5.41, 5.74) is 2.16. The highest BCUT2D eigenvalue weighted by molar-refractivity contribution is 7.10. The number of quaternary nitrogens is 1. The molecule has 2 N–H and O–H groups in total. The van der Waals surface area contributed by atoms with Gasteiger partial charge >= 0.3 is 0 Å². The van der Waals surface area contributed by atoms with E-state index in [0.29, 0.717) is 6.54 Å². The number of amides is 1. The van der Waals surface area contributed by atoms with E-state index in [1.54, 1.807) is 18.4 Å². The van der Waals surface area contributed by atoms with Gasteiger partial charge in [0.2, 0.25) is 0 Å². The number of methoxy groups -OCH3 is 1. The third-order valence-corrected chi connectivity index (χ3v) is 6.67. The van der Waals surface area contributed by atoms with Gasteiger partial charge in [0.05, 0.1) is 18.5 Å². The Morgan fingerprint density at radius 1 is 1.23 bits per heavy atom. The van der Waals surface area contributed by atoms with E-state index in [9.17, 15) is 4.79 Å². The van der Waals surface area contributed by atoms with Crippen molar-refractivity contribution in [3.05, 3.63) is 68.5 Å². The van der Waals surface area contributed by atoms with E-state index in [0.717, 1.165) is 24.4 Å². The Morgan fingerprint density at radius 2 is 2.15 bits per heavy atom. The molecular weight excluding hydrogens is 364 g/mol. The standard InChI is InChI=1S/C20H20N2O2S2/c1-24-15-5-2-4-14(12-15)21-19(23)13-22-9-7-17-16(8-11-26-17)20(22)18-6-3-10-25-18/h2-6,8,10-12,20H,7,9,13H2,1H3,(H,21,23)/p+1/t20-/m1/s1. The van der Waals surface area contributed by atoms with Crippen molar-refractivity contribution in [2.24, 2.45) is 0 Å². The quantitative estimate of drug-likeness (QED) is 0.709. The van der Waals surface area contributed by atoms with Crippen molar-refractivity contribution in [2.75, 3.05) is 25.5 Å². The Kier molecular flexibility index (Phi) is 5.06. The molecule has 1 unspecified atom stereocenters. The van der Waals surface area contributed by atoms with Crippen LogP contribution in [0.4, 0.5) is 5.69 Å². The summed E-state index contributed by atoms with van der Waals surface area (Å²) in [5.74, 6) is 0.779. The SMILES string of the molecule is COc1cccc(NC(=O)C[NH+]2CCc3sccc3[C@@H]2c2cccs2)c1. The number of carbonyl (C=O) groups is 1. The van der Waals surface area contributed by atoms with Crippen LogP contribution in [0.15, 0.2) is 53.2 Å². The summed E-state index contributed by atoms with van der Waals surface area (Å²) in [6.07, 6.45) is 1.04. The zero-order valence-electron chi connectivity index (χ0n) is 14.5. The second kappa shape index (κ2) is 7.61. The third-order valence-electron chi connectivity index (χ3n) is 4.74. The normalized spacial score (nSPS) is 19.0. The molecule has 134 valence electrons. The maximum Gasteiger partial charge on any atom is 0.279 e. The van der Waals surface area contributed by atoms with Gasteiger partial charge in [-0.2, -0.15) is 0 Å². The molecule has 4 nitrogen and oxygen atoms in total. The van der Waals surface area contributed by atoms with Crippen LogP contribution in [0.1, 0.15) is 21.4 Å². The predicted molar refractivity (Wildman–Crippen MR) is 107 cm³/mol. The molecule has 0 bridgehead atoms. The molecule has 0 aliphatic carbocycles. The summed E-state index contributed by atoms with van der Waals surface area (Å²) >= 11 is 3.60. The van der Waals surface area contributed by atoms with E-state index >= 15 is 0 Å². The summed E-state index contributed by atoms with van der Waals surface area (Å²) < 4.78 is 5.23. The molecule has 0 saturated carbocycles. The van der Waals surface area contributed by atoms with Crippen LogP contribution in [0.3, 0.4) is 0 Å². The molecule has 0 saturated heterocycles. The van der Waals surface area contributed by atoms with E-state index in [4.69, 9.17) is 4.74 Å². The van der Waals surface area contributed by atoms with Crippen LogP contribution in [0, 0.1) is 0 Å². The minimum Gasteiger partial charge on any atom is -0.497 e. The Labute approximate surface area is 161 Å². The molecule has 1 aromatic carbocycles. The first-order valence-corrected chi connectivity index (χ1v) is 10.4. The predicted octanol–water partition coefficient (Wildman–Crippen LogP) is 2.99. The lowest BCUT2D eigenvalue weighted by Gasteiger charge is -2.31. The molecule has 0 spiro atoms. The Bertz CT molecular complexity index is 889. The molecular formula is C20H21N2O2S2+. The maximum atomic E-state index is 12.7. The van der Waals surface area contributed by atoms with E-state index in [2.05, 4.69) is 34.3 Å². The summed E-state index contributed by atoms with van der Waals surface area (Å²) in [6.45, 7) is 1.43. The number of ether oxygens (including phenoxy) is 1. The minimum atomic E-state index is 0.0356. The highest BCUT2D eigenvalue weighted by atomic mass is 32.1. The number of carbonyl (C=O) groups excluding carboxylic acids is 1. The fourth-order valence-electron chi connectivity index (χ4n) is 3.56. The largest absolute Gasteiger partial charge is 0.497 e.